The van der Waals surface area contributed by atoms with E-state index in [-0.39, 0.29) is 30.3 Å². The predicted molar refractivity (Wildman–Crippen MR) is 185 cm³/mol. The van der Waals surface area contributed by atoms with Gasteiger partial charge in [0, 0.05) is 80.3 Å². The summed E-state index contributed by atoms with van der Waals surface area (Å²) in [4.78, 5) is 36.1. The Morgan fingerprint density at radius 2 is 1.78 bits per heavy atom. The molecule has 2 amide bonds. The number of benzene rings is 2. The lowest BCUT2D eigenvalue weighted by molar-refractivity contribution is -0.131. The van der Waals surface area contributed by atoms with E-state index < -0.39 is 5.82 Å². The van der Waals surface area contributed by atoms with Crippen LogP contribution in [0.15, 0.2) is 79.4 Å². The van der Waals surface area contributed by atoms with E-state index >= 15 is 4.39 Å². The second-order valence-electron chi connectivity index (χ2n) is 12.5. The highest BCUT2D eigenvalue weighted by molar-refractivity contribution is 6.05. The molecule has 0 unspecified atom stereocenters. The van der Waals surface area contributed by atoms with Crippen LogP contribution in [0.1, 0.15) is 28.9 Å². The number of hydrogen-bond donors (Lipinski definition) is 1. The predicted octanol–water partition coefficient (Wildman–Crippen LogP) is 4.29. The number of fused-ring (bicyclic) bond motifs is 2. The second-order valence-corrected chi connectivity index (χ2v) is 12.5. The number of anilines is 1. The van der Waals surface area contributed by atoms with E-state index in [1.165, 1.54) is 0 Å². The first kappa shape index (κ1) is 31.2. The van der Waals surface area contributed by atoms with E-state index in [1.807, 2.05) is 54.7 Å². The molecule has 2 aliphatic rings. The van der Waals surface area contributed by atoms with Crippen molar-refractivity contribution in [2.45, 2.75) is 19.4 Å². The molecule has 2 aliphatic heterocycles. The molecular weight excluding hydrogens is 639 g/mol. The maximum absolute atomic E-state index is 16.7. The Kier molecular flexibility index (Phi) is 8.18. The highest BCUT2D eigenvalue weighted by atomic mass is 19.1. The number of hydrogen-bond acceptors (Lipinski definition) is 8. The number of para-hydroxylation sites is 1. The molecule has 0 aliphatic carbocycles. The molecule has 254 valence electrons. The summed E-state index contributed by atoms with van der Waals surface area (Å²) in [5.41, 5.74) is 5.10. The Balaban J connectivity index is 1.08. The van der Waals surface area contributed by atoms with Crippen molar-refractivity contribution in [1.29, 1.82) is 0 Å². The van der Waals surface area contributed by atoms with Crippen LogP contribution in [-0.4, -0.2) is 103 Å². The van der Waals surface area contributed by atoms with Gasteiger partial charge in [-0.25, -0.2) is 8.91 Å². The molecule has 50 heavy (non-hydrogen) atoms. The molecule has 6 aromatic rings. The monoisotopic (exact) mass is 674 g/mol. The largest absolute Gasteiger partial charge is 0.496 e. The lowest BCUT2D eigenvalue weighted by Crippen LogP contribution is -2.48. The Bertz CT molecular complexity index is 2230. The first-order valence-electron chi connectivity index (χ1n) is 16.6. The molecular formula is C36H35FN10O3. The normalized spacial score (nSPS) is 15.2. The van der Waals surface area contributed by atoms with Gasteiger partial charge >= 0.3 is 0 Å². The molecule has 8 rings (SSSR count). The number of nitrogens with zero attached hydrogens (tertiary/aromatic N) is 9. The molecule has 1 saturated heterocycles. The van der Waals surface area contributed by atoms with Gasteiger partial charge in [-0.1, -0.05) is 34.7 Å². The number of aromatic amines is 1. The number of nitrogens with one attached hydrogen (secondary N) is 1. The number of halogens is 1. The van der Waals surface area contributed by atoms with Gasteiger partial charge in [0.1, 0.15) is 11.4 Å². The molecule has 13 nitrogen and oxygen atoms in total. The van der Waals surface area contributed by atoms with Crippen LogP contribution in [0.3, 0.4) is 0 Å². The van der Waals surface area contributed by atoms with Crippen molar-refractivity contribution in [3.8, 4) is 16.9 Å². The third-order valence-electron chi connectivity index (χ3n) is 9.57. The van der Waals surface area contributed by atoms with Gasteiger partial charge in [0.25, 0.3) is 5.91 Å². The fourth-order valence-electron chi connectivity index (χ4n) is 6.92. The number of pyridine rings is 1. The van der Waals surface area contributed by atoms with E-state index in [4.69, 9.17) is 4.74 Å². The van der Waals surface area contributed by atoms with E-state index in [9.17, 15) is 9.59 Å². The van der Waals surface area contributed by atoms with Gasteiger partial charge in [0.2, 0.25) is 5.91 Å². The Morgan fingerprint density at radius 1 is 0.920 bits per heavy atom. The van der Waals surface area contributed by atoms with Crippen LogP contribution >= 0.6 is 0 Å². The van der Waals surface area contributed by atoms with Crippen LogP contribution in [0.5, 0.6) is 5.75 Å². The Hall–Kier alpha value is -6.05. The average molecular weight is 675 g/mol. The topological polar surface area (TPSA) is 130 Å². The summed E-state index contributed by atoms with van der Waals surface area (Å²) in [6, 6.07) is 15.2. The van der Waals surface area contributed by atoms with Crippen molar-refractivity contribution < 1.29 is 18.7 Å². The molecule has 6 heterocycles. The van der Waals surface area contributed by atoms with Gasteiger partial charge in [0.05, 0.1) is 37.1 Å². The second kappa shape index (κ2) is 13.1. The van der Waals surface area contributed by atoms with Crippen molar-refractivity contribution >= 4 is 39.5 Å². The highest BCUT2D eigenvalue weighted by Crippen LogP contribution is 2.40. The number of ether oxygens (including phenoxy) is 1. The number of aryl methyl sites for hydroxylation is 1. The fraction of sp³-hybridized carbons (Fsp3) is 0.278. The van der Waals surface area contributed by atoms with Crippen LogP contribution in [0.25, 0.3) is 33.1 Å². The van der Waals surface area contributed by atoms with Crippen molar-refractivity contribution in [3.05, 3.63) is 96.5 Å². The zero-order valence-electron chi connectivity index (χ0n) is 27.5. The van der Waals surface area contributed by atoms with E-state index in [0.29, 0.717) is 73.7 Å². The molecule has 2 aromatic carbocycles. The zero-order chi connectivity index (χ0) is 34.2. The van der Waals surface area contributed by atoms with Crippen LogP contribution in [0.4, 0.5) is 10.1 Å². The summed E-state index contributed by atoms with van der Waals surface area (Å²) < 4.78 is 25.7. The lowest BCUT2D eigenvalue weighted by Gasteiger charge is -2.36. The number of H-pyrrole nitrogens is 1. The van der Waals surface area contributed by atoms with Gasteiger partial charge in [-0.2, -0.15) is 0 Å². The highest BCUT2D eigenvalue weighted by Gasteiger charge is 2.28. The molecule has 0 spiro atoms. The minimum atomic E-state index is -0.463. The Morgan fingerprint density at radius 3 is 2.60 bits per heavy atom. The first-order valence-corrected chi connectivity index (χ1v) is 16.6. The molecule has 0 saturated carbocycles. The Labute approximate surface area is 286 Å². The van der Waals surface area contributed by atoms with Gasteiger partial charge in [-0.15, -0.1) is 10.2 Å². The third kappa shape index (κ3) is 5.82. The van der Waals surface area contributed by atoms with Crippen molar-refractivity contribution in [2.24, 2.45) is 0 Å². The number of aromatic nitrogens is 7. The van der Waals surface area contributed by atoms with E-state index in [1.54, 1.807) is 50.8 Å². The fourth-order valence-corrected chi connectivity index (χ4v) is 6.92. The zero-order valence-corrected chi connectivity index (χ0v) is 27.5. The number of methoxy groups -OCH3 is 1. The number of carbonyl (C=O) groups excluding carboxylic acids is 2. The van der Waals surface area contributed by atoms with Gasteiger partial charge in [-0.3, -0.25) is 14.3 Å². The SMILES string of the molecule is COc1ccccc1-c1cc(C2=CCCN(C(=O)CCn3ccnn3)C2)c(F)c2[nH]c(C(=O)N3CCN(c4ccn5nncc5c4)CC3)cc12. The third-order valence-corrected chi connectivity index (χ3v) is 9.57. The summed E-state index contributed by atoms with van der Waals surface area (Å²) in [5.74, 6) is -0.0616. The van der Waals surface area contributed by atoms with Gasteiger partial charge in [0.15, 0.2) is 5.82 Å². The maximum atomic E-state index is 16.7. The van der Waals surface area contributed by atoms with Crippen LogP contribution < -0.4 is 9.64 Å². The minimum absolute atomic E-state index is 0.0372. The minimum Gasteiger partial charge on any atom is -0.496 e. The van der Waals surface area contributed by atoms with Crippen molar-refractivity contribution in [3.63, 3.8) is 0 Å². The number of carbonyl (C=O) groups is 2. The summed E-state index contributed by atoms with van der Waals surface area (Å²) in [5, 5.41) is 16.3. The van der Waals surface area contributed by atoms with Crippen LogP contribution in [0, 0.1) is 5.82 Å². The van der Waals surface area contributed by atoms with E-state index in [0.717, 1.165) is 22.3 Å². The molecule has 1 N–H and O–H groups in total. The number of amides is 2. The first-order chi connectivity index (χ1) is 24.5. The van der Waals surface area contributed by atoms with E-state index in [2.05, 4.69) is 30.5 Å². The molecule has 0 atom stereocenters. The molecule has 0 bridgehead atoms. The maximum Gasteiger partial charge on any atom is 0.270 e. The smallest absolute Gasteiger partial charge is 0.270 e. The van der Waals surface area contributed by atoms with Crippen LogP contribution in [0.2, 0.25) is 0 Å². The summed E-state index contributed by atoms with van der Waals surface area (Å²) in [7, 11) is 1.60. The lowest BCUT2D eigenvalue weighted by atomic mass is 9.93. The summed E-state index contributed by atoms with van der Waals surface area (Å²) in [6.07, 6.45) is 9.74. The van der Waals surface area contributed by atoms with Gasteiger partial charge < -0.3 is 24.4 Å². The van der Waals surface area contributed by atoms with Gasteiger partial charge in [-0.05, 0) is 47.9 Å². The van der Waals surface area contributed by atoms with Crippen molar-refractivity contribution in [1.82, 2.24) is 44.6 Å². The molecule has 0 radical (unpaired) electrons. The average Bonchev–Trinajstić information content (AvgIpc) is 3.96. The molecule has 1 fully saturated rings. The quantitative estimate of drug-likeness (QED) is 0.253. The molecule has 14 heteroatoms. The molecule has 4 aromatic heterocycles. The van der Waals surface area contributed by atoms with Crippen molar-refractivity contribution in [2.75, 3.05) is 51.3 Å². The number of piperazine rings is 1. The standard InChI is InChI=1S/C36H35FN10O3/c1-50-32-7-3-2-6-27(32)29-20-28(24-5-4-11-45(23-24)33(48)9-12-46-14-10-38-41-46)34(37)35-30(29)21-31(40-35)36(49)44-17-15-43(16-18-44)25-8-13-47-26(19-25)22-39-42-47/h2-3,5-8,10,13-14,19-22,40H,4,9,11-12,15-18,23H2,1H3. The summed E-state index contributed by atoms with van der Waals surface area (Å²) in [6.45, 7) is 3.56. The summed E-state index contributed by atoms with van der Waals surface area (Å²) >= 11 is 0. The number of rotatable bonds is 8. The van der Waals surface area contributed by atoms with Crippen LogP contribution in [-0.2, 0) is 11.3 Å².